The van der Waals surface area contributed by atoms with Gasteiger partial charge in [-0.15, -0.1) is 0 Å². The van der Waals surface area contributed by atoms with Gasteiger partial charge in [-0.3, -0.25) is 4.79 Å². The molecule has 2 fully saturated rings. The number of hydrogen-bond donors (Lipinski definition) is 1. The molecule has 2 atom stereocenters. The Labute approximate surface area is 83.8 Å². The van der Waals surface area contributed by atoms with E-state index in [1.807, 2.05) is 13.0 Å². The van der Waals surface area contributed by atoms with E-state index in [-0.39, 0.29) is 24.1 Å². The molecule has 3 heteroatoms. The minimum Gasteiger partial charge on any atom is -0.459 e. The molecule has 0 amide bonds. The number of carbonyl (C=O) groups is 1. The summed E-state index contributed by atoms with van der Waals surface area (Å²) in [5.41, 5.74) is 0.906. The van der Waals surface area contributed by atoms with E-state index in [9.17, 15) is 4.79 Å². The van der Waals surface area contributed by atoms with Gasteiger partial charge in [-0.2, -0.15) is 0 Å². The van der Waals surface area contributed by atoms with Gasteiger partial charge in [-0.25, -0.2) is 0 Å². The van der Waals surface area contributed by atoms with Crippen molar-refractivity contribution in [3.63, 3.8) is 0 Å². The molecule has 78 valence electrons. The molecular formula is C11H16O3. The third-order valence-corrected chi connectivity index (χ3v) is 3.39. The minimum atomic E-state index is -0.295. The van der Waals surface area contributed by atoms with Gasteiger partial charge in [0.2, 0.25) is 0 Å². The number of hydrogen-bond acceptors (Lipinski definition) is 3. The first-order valence-corrected chi connectivity index (χ1v) is 5.17. The second-order valence-electron chi connectivity index (χ2n) is 4.36. The fourth-order valence-electron chi connectivity index (χ4n) is 2.68. The molecule has 3 nitrogen and oxygen atoms in total. The molecule has 0 spiro atoms. The maximum Gasteiger partial charge on any atom is 0.307 e. The molecule has 1 saturated carbocycles. The van der Waals surface area contributed by atoms with E-state index < -0.39 is 0 Å². The first-order valence-electron chi connectivity index (χ1n) is 5.17. The van der Waals surface area contributed by atoms with Crippen LogP contribution in [-0.2, 0) is 9.53 Å². The van der Waals surface area contributed by atoms with Crippen LogP contribution in [0.5, 0.6) is 0 Å². The van der Waals surface area contributed by atoms with Crippen LogP contribution < -0.4 is 0 Å². The number of esters is 1. The summed E-state index contributed by atoms with van der Waals surface area (Å²) in [6.45, 7) is 2.07. The fourth-order valence-corrected chi connectivity index (χ4v) is 2.68. The second kappa shape index (κ2) is 3.39. The van der Waals surface area contributed by atoms with Crippen LogP contribution in [-0.4, -0.2) is 23.3 Å². The zero-order valence-electron chi connectivity index (χ0n) is 8.45. The van der Waals surface area contributed by atoms with Gasteiger partial charge >= 0.3 is 5.97 Å². The third-order valence-electron chi connectivity index (χ3n) is 3.39. The van der Waals surface area contributed by atoms with Crippen LogP contribution >= 0.6 is 0 Å². The van der Waals surface area contributed by atoms with Gasteiger partial charge in [0.1, 0.15) is 5.60 Å². The van der Waals surface area contributed by atoms with Gasteiger partial charge in [0.25, 0.3) is 0 Å². The number of carbonyl (C=O) groups excluding carboxylic acids is 1. The highest BCUT2D eigenvalue weighted by atomic mass is 16.6. The molecule has 1 heterocycles. The molecule has 2 rings (SSSR count). The molecule has 1 aliphatic heterocycles. The van der Waals surface area contributed by atoms with E-state index >= 15 is 0 Å². The summed E-state index contributed by atoms with van der Waals surface area (Å²) in [5, 5.41) is 8.89. The Hall–Kier alpha value is -0.830. The van der Waals surface area contributed by atoms with E-state index in [1.54, 1.807) is 0 Å². The second-order valence-corrected chi connectivity index (χ2v) is 4.36. The van der Waals surface area contributed by atoms with Crippen molar-refractivity contribution >= 4 is 5.97 Å². The highest BCUT2D eigenvalue weighted by Crippen LogP contribution is 2.46. The van der Waals surface area contributed by atoms with E-state index in [0.29, 0.717) is 6.42 Å². The Morgan fingerprint density at radius 1 is 1.71 bits per heavy atom. The average molecular weight is 196 g/mol. The van der Waals surface area contributed by atoms with Crippen LogP contribution in [0.4, 0.5) is 0 Å². The van der Waals surface area contributed by atoms with E-state index in [1.165, 1.54) is 5.57 Å². The predicted octanol–water partition coefficient (Wildman–Crippen LogP) is 1.41. The van der Waals surface area contributed by atoms with Crippen molar-refractivity contribution in [1.82, 2.24) is 0 Å². The highest BCUT2D eigenvalue weighted by Gasteiger charge is 2.48. The van der Waals surface area contributed by atoms with Crippen molar-refractivity contribution in [2.75, 3.05) is 6.61 Å². The molecule has 14 heavy (non-hydrogen) atoms. The minimum absolute atomic E-state index is 0.0656. The lowest BCUT2D eigenvalue weighted by Gasteiger charge is -2.35. The zero-order chi connectivity index (χ0) is 10.2. The lowest BCUT2D eigenvalue weighted by atomic mass is 9.73. The van der Waals surface area contributed by atoms with Crippen LogP contribution in [0.3, 0.4) is 0 Å². The quantitative estimate of drug-likeness (QED) is 0.509. The van der Waals surface area contributed by atoms with Crippen LogP contribution in [0.2, 0.25) is 0 Å². The highest BCUT2D eigenvalue weighted by molar-refractivity contribution is 5.73. The number of aliphatic hydroxyl groups excluding tert-OH is 1. The Balaban J connectivity index is 2.25. The van der Waals surface area contributed by atoms with Crippen molar-refractivity contribution in [3.8, 4) is 0 Å². The van der Waals surface area contributed by atoms with Crippen molar-refractivity contribution in [1.29, 1.82) is 0 Å². The van der Waals surface area contributed by atoms with Crippen molar-refractivity contribution < 1.29 is 14.6 Å². The maximum absolute atomic E-state index is 11.3. The van der Waals surface area contributed by atoms with E-state index in [4.69, 9.17) is 9.84 Å². The molecule has 0 bridgehead atoms. The summed E-state index contributed by atoms with van der Waals surface area (Å²) in [4.78, 5) is 11.3. The molecule has 0 aromatic heterocycles. The van der Waals surface area contributed by atoms with Crippen LogP contribution in [0.25, 0.3) is 0 Å². The number of aliphatic hydroxyl groups is 1. The number of fused-ring (bicyclic) bond motifs is 1. The topological polar surface area (TPSA) is 46.5 Å². The molecule has 2 aliphatic rings. The largest absolute Gasteiger partial charge is 0.459 e. The molecule has 0 aromatic carbocycles. The summed E-state index contributed by atoms with van der Waals surface area (Å²) in [5.74, 6) is 0.110. The van der Waals surface area contributed by atoms with Crippen molar-refractivity contribution in [3.05, 3.63) is 11.6 Å². The van der Waals surface area contributed by atoms with Gasteiger partial charge in [0, 0.05) is 5.92 Å². The summed E-state index contributed by atoms with van der Waals surface area (Å²) in [6, 6.07) is 0. The number of ether oxygens (including phenoxy) is 1. The van der Waals surface area contributed by atoms with Crippen LogP contribution in [0.15, 0.2) is 11.6 Å². The third kappa shape index (κ3) is 1.46. The molecular weight excluding hydrogens is 180 g/mol. The molecule has 1 aliphatic carbocycles. The summed E-state index contributed by atoms with van der Waals surface area (Å²) >= 11 is 0. The average Bonchev–Trinajstić information content (AvgIpc) is 2.41. The molecule has 2 unspecified atom stereocenters. The van der Waals surface area contributed by atoms with Gasteiger partial charge in [-0.1, -0.05) is 11.6 Å². The summed E-state index contributed by atoms with van der Waals surface area (Å²) in [6.07, 6.45) is 5.32. The Morgan fingerprint density at radius 3 is 3.21 bits per heavy atom. The van der Waals surface area contributed by atoms with E-state index in [0.717, 1.165) is 19.3 Å². The van der Waals surface area contributed by atoms with Gasteiger partial charge in [0.05, 0.1) is 13.0 Å². The molecule has 1 N–H and O–H groups in total. The molecule has 1 saturated heterocycles. The first-order chi connectivity index (χ1) is 6.65. The van der Waals surface area contributed by atoms with Crippen LogP contribution in [0.1, 0.15) is 32.6 Å². The Morgan fingerprint density at radius 2 is 2.50 bits per heavy atom. The summed E-state index contributed by atoms with van der Waals surface area (Å²) in [7, 11) is 0. The standard InChI is InChI=1S/C11H16O3/c1-11-5-2-3-8(4-6-12)9(11)7-10(13)14-11/h4,9,12H,2-3,5-7H2,1H3/b8-4+. The molecule has 0 radical (unpaired) electrons. The lowest BCUT2D eigenvalue weighted by molar-refractivity contribution is -0.148. The zero-order valence-corrected chi connectivity index (χ0v) is 8.45. The Bertz CT molecular complexity index is 282. The predicted molar refractivity (Wildman–Crippen MR) is 51.6 cm³/mol. The van der Waals surface area contributed by atoms with Gasteiger partial charge in [-0.05, 0) is 26.2 Å². The molecule has 0 aromatic rings. The SMILES string of the molecule is CC12CCC/C(=C\CO)C1CC(=O)O2. The summed E-state index contributed by atoms with van der Waals surface area (Å²) < 4.78 is 5.37. The van der Waals surface area contributed by atoms with Crippen molar-refractivity contribution in [2.45, 2.75) is 38.2 Å². The van der Waals surface area contributed by atoms with E-state index in [2.05, 4.69) is 0 Å². The first kappa shape index (κ1) is 9.71. The Kier molecular flexibility index (Phi) is 2.35. The normalized spacial score (nSPS) is 39.7. The maximum atomic E-state index is 11.3. The fraction of sp³-hybridized carbons (Fsp3) is 0.727. The lowest BCUT2D eigenvalue weighted by Crippen LogP contribution is -2.36. The number of rotatable bonds is 1. The monoisotopic (exact) mass is 196 g/mol. The van der Waals surface area contributed by atoms with Crippen LogP contribution in [0, 0.1) is 5.92 Å². The van der Waals surface area contributed by atoms with Crippen molar-refractivity contribution in [2.24, 2.45) is 5.92 Å². The smallest absolute Gasteiger partial charge is 0.307 e. The van der Waals surface area contributed by atoms with Gasteiger partial charge in [0.15, 0.2) is 0 Å². The van der Waals surface area contributed by atoms with Gasteiger partial charge < -0.3 is 9.84 Å².